The molecule has 1 aromatic carbocycles. The van der Waals surface area contributed by atoms with E-state index in [2.05, 4.69) is 20.9 Å². The number of carbonyl (C=O) groups excluding carboxylic acids is 4. The van der Waals surface area contributed by atoms with Crippen molar-refractivity contribution < 1.29 is 19.2 Å². The zero-order valence-corrected chi connectivity index (χ0v) is 23.3. The van der Waals surface area contributed by atoms with Gasteiger partial charge in [-0.3, -0.25) is 19.2 Å². The monoisotopic (exact) mass is 537 g/mol. The number of hydrogen-bond donors (Lipinski definition) is 3. The van der Waals surface area contributed by atoms with Gasteiger partial charge in [0.05, 0.1) is 12.6 Å². The zero-order valence-electron chi connectivity index (χ0n) is 23.3. The molecule has 4 unspecified atom stereocenters. The van der Waals surface area contributed by atoms with Gasteiger partial charge >= 0.3 is 0 Å². The molecule has 5 rings (SSSR count). The molecule has 4 aliphatic rings. The van der Waals surface area contributed by atoms with Gasteiger partial charge in [-0.1, -0.05) is 33.1 Å². The van der Waals surface area contributed by atoms with Gasteiger partial charge in [0.25, 0.3) is 5.91 Å². The van der Waals surface area contributed by atoms with E-state index >= 15 is 0 Å². The molecule has 0 bridgehead atoms. The average Bonchev–Trinajstić information content (AvgIpc) is 3.52. The second kappa shape index (κ2) is 12.2. The Morgan fingerprint density at radius 2 is 1.72 bits per heavy atom. The van der Waals surface area contributed by atoms with Crippen LogP contribution in [0.3, 0.4) is 0 Å². The van der Waals surface area contributed by atoms with E-state index in [4.69, 9.17) is 0 Å². The summed E-state index contributed by atoms with van der Waals surface area (Å²) in [6.45, 7) is 7.93. The van der Waals surface area contributed by atoms with E-state index in [0.29, 0.717) is 18.4 Å². The van der Waals surface area contributed by atoms with Gasteiger partial charge in [-0.05, 0) is 55.9 Å². The van der Waals surface area contributed by atoms with E-state index < -0.39 is 18.1 Å². The van der Waals surface area contributed by atoms with Gasteiger partial charge in [0, 0.05) is 49.4 Å². The number of nitrogens with one attached hydrogen (secondary N) is 3. The van der Waals surface area contributed by atoms with Gasteiger partial charge in [0.1, 0.15) is 12.1 Å². The van der Waals surface area contributed by atoms with E-state index in [-0.39, 0.29) is 47.8 Å². The van der Waals surface area contributed by atoms with Crippen molar-refractivity contribution in [1.29, 1.82) is 0 Å². The average molecular weight is 538 g/mol. The predicted molar refractivity (Wildman–Crippen MR) is 150 cm³/mol. The number of piperazine rings is 1. The molecule has 3 heterocycles. The Morgan fingerprint density at radius 1 is 1.03 bits per heavy atom. The van der Waals surface area contributed by atoms with E-state index in [9.17, 15) is 19.2 Å². The molecule has 1 aromatic rings. The normalized spacial score (nSPS) is 26.5. The van der Waals surface area contributed by atoms with Crippen molar-refractivity contribution in [3.05, 3.63) is 29.8 Å². The summed E-state index contributed by atoms with van der Waals surface area (Å²) >= 11 is 0. The molecular weight excluding hydrogens is 494 g/mol. The highest BCUT2D eigenvalue weighted by molar-refractivity contribution is 6.02. The summed E-state index contributed by atoms with van der Waals surface area (Å²) < 4.78 is 0. The lowest BCUT2D eigenvalue weighted by atomic mass is 9.83. The molecule has 3 N–H and O–H groups in total. The fourth-order valence-corrected chi connectivity index (χ4v) is 6.85. The van der Waals surface area contributed by atoms with Crippen LogP contribution in [0.5, 0.6) is 0 Å². The van der Waals surface area contributed by atoms with E-state index in [0.717, 1.165) is 64.0 Å². The molecule has 1 saturated carbocycles. The number of carbonyl (C=O) groups is 4. The predicted octanol–water partition coefficient (Wildman–Crippen LogP) is 1.90. The number of ketones is 2. The number of anilines is 1. The maximum atomic E-state index is 14.2. The molecule has 0 aromatic heterocycles. The van der Waals surface area contributed by atoms with Crippen molar-refractivity contribution >= 4 is 29.1 Å². The summed E-state index contributed by atoms with van der Waals surface area (Å²) in [6, 6.07) is 5.24. The number of likely N-dealkylation sites (tertiary alicyclic amines) is 1. The fourth-order valence-electron chi connectivity index (χ4n) is 6.85. The van der Waals surface area contributed by atoms with Crippen molar-refractivity contribution in [3.63, 3.8) is 0 Å². The fraction of sp³-hybridized carbons (Fsp3) is 0.667. The van der Waals surface area contributed by atoms with Crippen molar-refractivity contribution in [2.45, 2.75) is 83.0 Å². The molecule has 3 saturated heterocycles. The van der Waals surface area contributed by atoms with Gasteiger partial charge in [-0.25, -0.2) is 0 Å². The molecular formula is C30H43N5O4. The molecule has 1 aliphatic carbocycles. The highest BCUT2D eigenvalue weighted by Gasteiger charge is 2.54. The Balaban J connectivity index is 1.34. The van der Waals surface area contributed by atoms with Gasteiger partial charge in [-0.2, -0.15) is 0 Å². The van der Waals surface area contributed by atoms with Gasteiger partial charge in [-0.15, -0.1) is 0 Å². The first-order valence-electron chi connectivity index (χ1n) is 14.8. The number of fused-ring (bicyclic) bond motifs is 1. The van der Waals surface area contributed by atoms with Crippen LogP contribution in [-0.2, 0) is 14.4 Å². The summed E-state index contributed by atoms with van der Waals surface area (Å²) in [4.78, 5) is 57.9. The van der Waals surface area contributed by atoms with Crippen molar-refractivity contribution in [3.8, 4) is 0 Å². The highest BCUT2D eigenvalue weighted by Crippen LogP contribution is 2.35. The molecule has 39 heavy (non-hydrogen) atoms. The number of hydrogen-bond acceptors (Lipinski definition) is 7. The quantitative estimate of drug-likeness (QED) is 0.465. The van der Waals surface area contributed by atoms with Crippen molar-refractivity contribution in [1.82, 2.24) is 20.9 Å². The minimum absolute atomic E-state index is 0.0505. The second-order valence-electron chi connectivity index (χ2n) is 12.1. The standard InChI is InChI=1S/C30H43N5O4/c1-19(2)16-24(33-29(38)21-8-10-22(11-9-21)34-14-12-31-13-15-34)30(39)35-25(17-23-27(35)26(36)18-32-23)28(37)20-6-4-3-5-7-20/h8-11,19-20,23-25,27,31-32H,3-7,12-18H2,1-2H3,(H,33,38). The summed E-state index contributed by atoms with van der Waals surface area (Å²) in [7, 11) is 0. The zero-order chi connectivity index (χ0) is 27.5. The second-order valence-corrected chi connectivity index (χ2v) is 12.1. The summed E-state index contributed by atoms with van der Waals surface area (Å²) in [6.07, 6.45) is 5.80. The van der Waals surface area contributed by atoms with Crippen LogP contribution in [0.4, 0.5) is 5.69 Å². The lowest BCUT2D eigenvalue weighted by molar-refractivity contribution is -0.145. The maximum Gasteiger partial charge on any atom is 0.251 e. The van der Waals surface area contributed by atoms with E-state index in [1.54, 1.807) is 17.0 Å². The third-order valence-electron chi connectivity index (χ3n) is 8.87. The number of nitrogens with zero attached hydrogens (tertiary/aromatic N) is 2. The van der Waals surface area contributed by atoms with E-state index in [1.807, 2.05) is 26.0 Å². The summed E-state index contributed by atoms with van der Waals surface area (Å²) in [5.74, 6) is -0.510. The Morgan fingerprint density at radius 3 is 2.38 bits per heavy atom. The molecule has 9 heteroatoms. The van der Waals surface area contributed by atoms with Crippen LogP contribution in [0, 0.1) is 11.8 Å². The number of Topliss-reactive ketones (excluding diaryl/α,β-unsaturated/α-hetero) is 2. The SMILES string of the molecule is CC(C)CC(NC(=O)c1ccc(N2CCNCC2)cc1)C(=O)N1C(C(=O)C2CCCCC2)CC2NCC(=O)C21. The molecule has 4 atom stereocenters. The van der Waals surface area contributed by atoms with Gasteiger partial charge < -0.3 is 25.8 Å². The smallest absolute Gasteiger partial charge is 0.251 e. The minimum Gasteiger partial charge on any atom is -0.369 e. The van der Waals surface area contributed by atoms with Crippen molar-refractivity contribution in [2.24, 2.45) is 11.8 Å². The molecule has 4 fully saturated rings. The van der Waals surface area contributed by atoms with E-state index in [1.165, 1.54) is 0 Å². The van der Waals surface area contributed by atoms with Crippen LogP contribution >= 0.6 is 0 Å². The van der Waals surface area contributed by atoms with Crippen LogP contribution < -0.4 is 20.9 Å². The first-order chi connectivity index (χ1) is 18.8. The number of rotatable bonds is 8. The van der Waals surface area contributed by atoms with Crippen LogP contribution in [-0.4, -0.2) is 85.2 Å². The third-order valence-corrected chi connectivity index (χ3v) is 8.87. The Hall–Kier alpha value is -2.78. The van der Waals surface area contributed by atoms with Crippen LogP contribution in [0.2, 0.25) is 0 Å². The first kappa shape index (κ1) is 27.8. The van der Waals surface area contributed by atoms with Crippen LogP contribution in [0.25, 0.3) is 0 Å². The Kier molecular flexibility index (Phi) is 8.67. The lowest BCUT2D eigenvalue weighted by Crippen LogP contribution is -2.57. The minimum atomic E-state index is -0.806. The molecule has 3 aliphatic heterocycles. The summed E-state index contributed by atoms with van der Waals surface area (Å²) in [5.41, 5.74) is 1.56. The molecule has 9 nitrogen and oxygen atoms in total. The maximum absolute atomic E-state index is 14.2. The first-order valence-corrected chi connectivity index (χ1v) is 14.8. The molecule has 212 valence electrons. The van der Waals surface area contributed by atoms with Crippen LogP contribution in [0.1, 0.15) is 69.2 Å². The van der Waals surface area contributed by atoms with Crippen molar-refractivity contribution in [2.75, 3.05) is 37.6 Å². The molecule has 0 radical (unpaired) electrons. The molecule has 2 amide bonds. The lowest BCUT2D eigenvalue weighted by Gasteiger charge is -2.34. The van der Waals surface area contributed by atoms with Gasteiger partial charge in [0.15, 0.2) is 11.6 Å². The summed E-state index contributed by atoms with van der Waals surface area (Å²) in [5, 5.41) is 9.55. The van der Waals surface area contributed by atoms with Crippen LogP contribution in [0.15, 0.2) is 24.3 Å². The largest absolute Gasteiger partial charge is 0.369 e. The topological polar surface area (TPSA) is 111 Å². The highest BCUT2D eigenvalue weighted by atomic mass is 16.2. The Labute approximate surface area is 231 Å². The number of amides is 2. The third kappa shape index (κ3) is 6.04. The van der Waals surface area contributed by atoms with Gasteiger partial charge in [0.2, 0.25) is 5.91 Å². The molecule has 0 spiro atoms. The number of benzene rings is 1. The Bertz CT molecular complexity index is 1060.